The van der Waals surface area contributed by atoms with Gasteiger partial charge >= 0.3 is 0 Å². The summed E-state index contributed by atoms with van der Waals surface area (Å²) < 4.78 is 0. The molecule has 1 aliphatic rings. The molecule has 0 heterocycles. The van der Waals surface area contributed by atoms with E-state index in [2.05, 4.69) is 87.1 Å². The second-order valence-electron chi connectivity index (χ2n) is 8.18. The molecule has 1 N–H and O–H groups in total. The summed E-state index contributed by atoms with van der Waals surface area (Å²) in [5.41, 5.74) is 3.21. The van der Waals surface area contributed by atoms with Crippen molar-refractivity contribution in [3.05, 3.63) is 48.2 Å². The molecule has 1 aromatic rings. The molecule has 1 atom stereocenters. The van der Waals surface area contributed by atoms with Gasteiger partial charge in [-0.15, -0.1) is 0 Å². The van der Waals surface area contributed by atoms with Crippen LogP contribution in [0.4, 0.5) is 5.69 Å². The number of nitrogens with one attached hydrogen (secondary N) is 1. The lowest BCUT2D eigenvalue weighted by Gasteiger charge is -2.27. The van der Waals surface area contributed by atoms with Crippen LogP contribution in [-0.2, 0) is 0 Å². The van der Waals surface area contributed by atoms with Crippen molar-refractivity contribution in [3.63, 3.8) is 0 Å². The number of hydrogen-bond acceptors (Lipinski definition) is 1. The summed E-state index contributed by atoms with van der Waals surface area (Å²) in [7, 11) is -2.25. The number of hydrogen-bond donors (Lipinski definition) is 1. The molecule has 1 aliphatic carbocycles. The molecule has 0 radical (unpaired) electrons. The maximum Gasteiger partial charge on any atom is 0.0775 e. The highest BCUT2D eigenvalue weighted by atomic mass is 28.3. The van der Waals surface area contributed by atoms with Gasteiger partial charge in [-0.25, -0.2) is 0 Å². The van der Waals surface area contributed by atoms with Crippen LogP contribution < -0.4 is 10.5 Å². The molecule has 21 heavy (non-hydrogen) atoms. The molecule has 2 rings (SSSR count). The van der Waals surface area contributed by atoms with Crippen molar-refractivity contribution in [2.24, 2.45) is 0 Å². The topological polar surface area (TPSA) is 12.0 Å². The standard InChI is InChI=1S/C18H29NSi2/c1-20(2,3)17-11-7-15(8-12-17)19-16-9-13-18(14-10-16)21(4,5)6/h7-13,18-19H,14H2,1-6H3. The van der Waals surface area contributed by atoms with Crippen LogP contribution in [0.1, 0.15) is 6.42 Å². The van der Waals surface area contributed by atoms with E-state index >= 15 is 0 Å². The second-order valence-corrected chi connectivity index (χ2v) is 18.7. The predicted molar refractivity (Wildman–Crippen MR) is 102 cm³/mol. The van der Waals surface area contributed by atoms with Crippen molar-refractivity contribution in [3.8, 4) is 0 Å². The quantitative estimate of drug-likeness (QED) is 0.753. The fourth-order valence-corrected chi connectivity index (χ4v) is 5.24. The van der Waals surface area contributed by atoms with E-state index in [9.17, 15) is 0 Å². The van der Waals surface area contributed by atoms with Crippen molar-refractivity contribution in [2.75, 3.05) is 5.32 Å². The lowest BCUT2D eigenvalue weighted by Crippen LogP contribution is -2.37. The van der Waals surface area contributed by atoms with Crippen molar-refractivity contribution in [1.29, 1.82) is 0 Å². The summed E-state index contributed by atoms with van der Waals surface area (Å²) in [4.78, 5) is 0. The molecule has 0 saturated heterocycles. The average Bonchev–Trinajstić information content (AvgIpc) is 2.38. The zero-order valence-electron chi connectivity index (χ0n) is 14.3. The molecule has 1 nitrogen and oxygen atoms in total. The summed E-state index contributed by atoms with van der Waals surface area (Å²) in [5.74, 6) is 0. The normalized spacial score (nSPS) is 19.3. The highest BCUT2D eigenvalue weighted by Gasteiger charge is 2.25. The van der Waals surface area contributed by atoms with Crippen LogP contribution in [0.5, 0.6) is 0 Å². The van der Waals surface area contributed by atoms with Gasteiger partial charge < -0.3 is 5.32 Å². The zero-order chi connectivity index (χ0) is 15.7. The lowest BCUT2D eigenvalue weighted by molar-refractivity contribution is 0.965. The van der Waals surface area contributed by atoms with Gasteiger partial charge in [0.2, 0.25) is 0 Å². The van der Waals surface area contributed by atoms with Crippen LogP contribution in [0.15, 0.2) is 48.2 Å². The fraction of sp³-hybridized carbons (Fsp3) is 0.444. The Morgan fingerprint density at radius 3 is 2.00 bits per heavy atom. The van der Waals surface area contributed by atoms with Gasteiger partial charge in [-0.05, 0) is 30.2 Å². The summed E-state index contributed by atoms with van der Waals surface area (Å²) >= 11 is 0. The van der Waals surface area contributed by atoms with Crippen LogP contribution in [0.25, 0.3) is 0 Å². The first kappa shape index (κ1) is 16.3. The minimum absolute atomic E-state index is 0.775. The van der Waals surface area contributed by atoms with E-state index in [1.807, 2.05) is 0 Å². The first-order valence-corrected chi connectivity index (χ1v) is 15.0. The molecule has 3 heteroatoms. The zero-order valence-corrected chi connectivity index (χ0v) is 16.3. The minimum Gasteiger partial charge on any atom is -0.356 e. The summed E-state index contributed by atoms with van der Waals surface area (Å²) in [5, 5.41) is 5.05. The minimum atomic E-state index is -1.19. The van der Waals surface area contributed by atoms with E-state index in [0.29, 0.717) is 0 Å². The lowest BCUT2D eigenvalue weighted by atomic mass is 10.1. The van der Waals surface area contributed by atoms with Gasteiger partial charge in [0.1, 0.15) is 0 Å². The molecule has 0 fully saturated rings. The Balaban J connectivity index is 2.01. The summed E-state index contributed by atoms with van der Waals surface area (Å²) in [6.07, 6.45) is 8.21. The monoisotopic (exact) mass is 315 g/mol. The average molecular weight is 316 g/mol. The van der Waals surface area contributed by atoms with Gasteiger partial charge in [0.25, 0.3) is 0 Å². The first-order valence-electron chi connectivity index (χ1n) is 7.92. The molecular formula is C18H29NSi2. The number of benzene rings is 1. The first-order chi connectivity index (χ1) is 9.66. The van der Waals surface area contributed by atoms with Gasteiger partial charge in [-0.2, -0.15) is 0 Å². The maximum absolute atomic E-state index is 3.54. The van der Waals surface area contributed by atoms with Crippen molar-refractivity contribution < 1.29 is 0 Å². The number of allylic oxidation sites excluding steroid dienone is 3. The molecule has 1 aromatic carbocycles. The Bertz CT molecular complexity index is 542. The highest BCUT2D eigenvalue weighted by Crippen LogP contribution is 2.31. The number of anilines is 1. The third-order valence-electron chi connectivity index (χ3n) is 4.25. The Kier molecular flexibility index (Phi) is 4.64. The Hall–Kier alpha value is -1.07. The van der Waals surface area contributed by atoms with E-state index in [1.165, 1.54) is 23.0 Å². The molecule has 0 saturated carbocycles. The summed E-state index contributed by atoms with van der Waals surface area (Å²) in [6, 6.07) is 9.00. The van der Waals surface area contributed by atoms with Gasteiger partial charge in [-0.3, -0.25) is 0 Å². The Morgan fingerprint density at radius 1 is 0.952 bits per heavy atom. The van der Waals surface area contributed by atoms with Crippen LogP contribution in [-0.4, -0.2) is 16.1 Å². The van der Waals surface area contributed by atoms with Crippen LogP contribution in [0, 0.1) is 0 Å². The Labute approximate surface area is 132 Å². The third-order valence-corrected chi connectivity index (χ3v) is 8.97. The van der Waals surface area contributed by atoms with Crippen LogP contribution in [0.3, 0.4) is 0 Å². The van der Waals surface area contributed by atoms with Crippen molar-refractivity contribution in [2.45, 2.75) is 51.2 Å². The second kappa shape index (κ2) is 5.97. The molecule has 0 bridgehead atoms. The van der Waals surface area contributed by atoms with Crippen molar-refractivity contribution >= 4 is 27.0 Å². The molecule has 0 amide bonds. The molecule has 114 valence electrons. The van der Waals surface area contributed by atoms with E-state index in [4.69, 9.17) is 0 Å². The van der Waals surface area contributed by atoms with Crippen LogP contribution >= 0.6 is 0 Å². The molecular weight excluding hydrogens is 286 g/mol. The fourth-order valence-electron chi connectivity index (χ4n) is 2.58. The van der Waals surface area contributed by atoms with Gasteiger partial charge in [-0.1, -0.05) is 68.8 Å². The third kappa shape index (κ3) is 4.45. The Morgan fingerprint density at radius 2 is 1.57 bits per heavy atom. The highest BCUT2D eigenvalue weighted by molar-refractivity contribution is 6.88. The van der Waals surface area contributed by atoms with E-state index in [-0.39, 0.29) is 0 Å². The SMILES string of the molecule is C[Si](C)(C)c1ccc(NC2=CCC([Si](C)(C)C)C=C2)cc1. The molecule has 1 unspecified atom stereocenters. The molecule has 0 aliphatic heterocycles. The van der Waals surface area contributed by atoms with E-state index in [0.717, 1.165) is 5.54 Å². The maximum atomic E-state index is 3.54. The van der Waals surface area contributed by atoms with Crippen molar-refractivity contribution in [1.82, 2.24) is 0 Å². The largest absolute Gasteiger partial charge is 0.356 e. The molecule has 0 spiro atoms. The predicted octanol–water partition coefficient (Wildman–Crippen LogP) is 5.20. The van der Waals surface area contributed by atoms with Gasteiger partial charge in [0, 0.05) is 11.4 Å². The molecule has 0 aromatic heterocycles. The van der Waals surface area contributed by atoms with Gasteiger partial charge in [0.05, 0.1) is 16.1 Å². The van der Waals surface area contributed by atoms with E-state index in [1.54, 1.807) is 0 Å². The van der Waals surface area contributed by atoms with E-state index < -0.39 is 16.1 Å². The number of rotatable bonds is 4. The smallest absolute Gasteiger partial charge is 0.0775 e. The van der Waals surface area contributed by atoms with Crippen LogP contribution in [0.2, 0.25) is 44.8 Å². The summed E-state index contributed by atoms with van der Waals surface area (Å²) in [6.45, 7) is 14.5. The van der Waals surface area contributed by atoms with Gasteiger partial charge in [0.15, 0.2) is 0 Å².